The van der Waals surface area contributed by atoms with Gasteiger partial charge in [0, 0.05) is 10.9 Å². The minimum atomic E-state index is -0.780. The molecule has 7 heteroatoms. The quantitative estimate of drug-likeness (QED) is 0.589. The second-order valence-corrected chi connectivity index (χ2v) is 5.22. The number of carbonyl (C=O) groups is 2. The first kappa shape index (κ1) is 15.4. The number of H-pyrrole nitrogens is 1. The van der Waals surface area contributed by atoms with E-state index in [0.29, 0.717) is 10.9 Å². The van der Waals surface area contributed by atoms with Gasteiger partial charge in [0.05, 0.1) is 12.7 Å². The van der Waals surface area contributed by atoms with Gasteiger partial charge in [-0.05, 0) is 29.3 Å². The van der Waals surface area contributed by atoms with E-state index in [0.717, 1.165) is 16.9 Å². The summed E-state index contributed by atoms with van der Waals surface area (Å²) in [5.41, 5.74) is 13.3. The predicted octanol–water partition coefficient (Wildman–Crippen LogP) is 2.43. The van der Waals surface area contributed by atoms with E-state index in [2.05, 4.69) is 10.3 Å². The molecule has 0 atom stereocenters. The lowest BCUT2D eigenvalue weighted by atomic mass is 10.0. The Morgan fingerprint density at radius 3 is 2.50 bits per heavy atom. The van der Waals surface area contributed by atoms with Crippen molar-refractivity contribution >= 4 is 28.7 Å². The molecule has 6 N–H and O–H groups in total. The minimum absolute atomic E-state index is 0.188. The van der Waals surface area contributed by atoms with Gasteiger partial charge in [0.2, 0.25) is 0 Å². The van der Waals surface area contributed by atoms with Gasteiger partial charge in [0.1, 0.15) is 11.6 Å². The van der Waals surface area contributed by atoms with E-state index < -0.39 is 11.9 Å². The first-order valence-electron chi connectivity index (χ1n) is 7.16. The van der Waals surface area contributed by atoms with Crippen LogP contribution in [0.15, 0.2) is 42.5 Å². The Balaban J connectivity index is 2.14. The Morgan fingerprint density at radius 1 is 1.08 bits per heavy atom. The van der Waals surface area contributed by atoms with Gasteiger partial charge < -0.3 is 21.2 Å². The molecule has 0 spiro atoms. The van der Waals surface area contributed by atoms with Crippen LogP contribution >= 0.6 is 0 Å². The van der Waals surface area contributed by atoms with Crippen LogP contribution < -0.4 is 21.5 Å². The molecule has 0 fully saturated rings. The van der Waals surface area contributed by atoms with Crippen molar-refractivity contribution in [3.8, 4) is 16.9 Å². The van der Waals surface area contributed by atoms with E-state index >= 15 is 0 Å². The molecule has 3 aromatic rings. The van der Waals surface area contributed by atoms with Gasteiger partial charge in [-0.25, -0.2) is 4.79 Å². The summed E-state index contributed by atoms with van der Waals surface area (Å²) < 4.78 is 5.23. The zero-order valence-electron chi connectivity index (χ0n) is 12.9. The molecule has 0 aliphatic heterocycles. The van der Waals surface area contributed by atoms with Crippen LogP contribution in [-0.4, -0.2) is 24.0 Å². The Kier molecular flexibility index (Phi) is 3.83. The van der Waals surface area contributed by atoms with Crippen molar-refractivity contribution in [3.05, 3.63) is 48.0 Å². The highest BCUT2D eigenvalue weighted by atomic mass is 16.5. The maximum atomic E-state index is 11.7. The average molecular weight is 324 g/mol. The summed E-state index contributed by atoms with van der Waals surface area (Å²) in [5.74, 6) is 0.278. The number of amides is 3. The lowest BCUT2D eigenvalue weighted by Crippen LogP contribution is -2.22. The van der Waals surface area contributed by atoms with Crippen LogP contribution in [0.4, 0.5) is 10.6 Å². The number of aromatic amines is 1. The van der Waals surface area contributed by atoms with E-state index in [1.165, 1.54) is 0 Å². The summed E-state index contributed by atoms with van der Waals surface area (Å²) in [6, 6.07) is 12.3. The number of rotatable bonds is 4. The number of urea groups is 1. The Labute approximate surface area is 137 Å². The molecule has 0 saturated heterocycles. The van der Waals surface area contributed by atoms with Crippen LogP contribution in [0.2, 0.25) is 0 Å². The third kappa shape index (κ3) is 2.74. The molecule has 2 aromatic carbocycles. The van der Waals surface area contributed by atoms with Gasteiger partial charge in [-0.15, -0.1) is 0 Å². The van der Waals surface area contributed by atoms with Crippen LogP contribution in [0.25, 0.3) is 22.0 Å². The molecule has 0 unspecified atom stereocenters. The maximum absolute atomic E-state index is 11.7. The molecule has 122 valence electrons. The van der Waals surface area contributed by atoms with Crippen LogP contribution in [0, 0.1) is 0 Å². The summed E-state index contributed by atoms with van der Waals surface area (Å²) in [6.45, 7) is 0. The molecule has 0 aliphatic carbocycles. The molecule has 24 heavy (non-hydrogen) atoms. The second-order valence-electron chi connectivity index (χ2n) is 5.22. The molecular weight excluding hydrogens is 308 g/mol. The van der Waals surface area contributed by atoms with E-state index in [1.807, 2.05) is 36.4 Å². The lowest BCUT2D eigenvalue weighted by molar-refractivity contribution is 0.100. The van der Waals surface area contributed by atoms with E-state index in [9.17, 15) is 9.59 Å². The van der Waals surface area contributed by atoms with Crippen LogP contribution in [0.1, 0.15) is 10.4 Å². The molecule has 0 aliphatic rings. The number of primary amides is 2. The number of nitrogens with two attached hydrogens (primary N) is 2. The van der Waals surface area contributed by atoms with Gasteiger partial charge in [-0.2, -0.15) is 0 Å². The van der Waals surface area contributed by atoms with E-state index in [-0.39, 0.29) is 11.4 Å². The number of benzene rings is 2. The highest BCUT2D eigenvalue weighted by Gasteiger charge is 2.17. The fourth-order valence-electron chi connectivity index (χ4n) is 2.65. The smallest absolute Gasteiger partial charge is 0.317 e. The Morgan fingerprint density at radius 2 is 1.83 bits per heavy atom. The average Bonchev–Trinajstić information content (AvgIpc) is 2.91. The minimum Gasteiger partial charge on any atom is -0.497 e. The van der Waals surface area contributed by atoms with Crippen molar-refractivity contribution in [1.29, 1.82) is 0 Å². The van der Waals surface area contributed by atoms with Crippen molar-refractivity contribution in [2.75, 3.05) is 12.4 Å². The second kappa shape index (κ2) is 5.96. The van der Waals surface area contributed by atoms with Crippen LogP contribution in [0.5, 0.6) is 5.75 Å². The molecule has 7 nitrogen and oxygen atoms in total. The number of carbonyl (C=O) groups excluding carboxylic acids is 2. The van der Waals surface area contributed by atoms with Gasteiger partial charge in [-0.3, -0.25) is 10.1 Å². The monoisotopic (exact) mass is 324 g/mol. The van der Waals surface area contributed by atoms with Crippen molar-refractivity contribution < 1.29 is 14.3 Å². The third-order valence-corrected chi connectivity index (χ3v) is 3.70. The largest absolute Gasteiger partial charge is 0.497 e. The van der Waals surface area contributed by atoms with Gasteiger partial charge in [0.25, 0.3) is 5.91 Å². The number of hydrogen-bond acceptors (Lipinski definition) is 3. The normalized spacial score (nSPS) is 10.5. The summed E-state index contributed by atoms with van der Waals surface area (Å²) in [7, 11) is 1.61. The predicted molar refractivity (Wildman–Crippen MR) is 92.0 cm³/mol. The van der Waals surface area contributed by atoms with Crippen LogP contribution in [0.3, 0.4) is 0 Å². The van der Waals surface area contributed by atoms with Crippen molar-refractivity contribution in [2.45, 2.75) is 0 Å². The van der Waals surface area contributed by atoms with Crippen molar-refractivity contribution in [3.63, 3.8) is 0 Å². The number of aromatic nitrogens is 1. The highest BCUT2D eigenvalue weighted by molar-refractivity contribution is 6.13. The van der Waals surface area contributed by atoms with Gasteiger partial charge >= 0.3 is 6.03 Å². The number of ether oxygens (including phenoxy) is 1. The fraction of sp³-hybridized carbons (Fsp3) is 0.0588. The lowest BCUT2D eigenvalue weighted by Gasteiger charge is -2.05. The molecule has 0 bridgehead atoms. The molecule has 3 rings (SSSR count). The molecule has 1 heterocycles. The zero-order chi connectivity index (χ0) is 17.3. The fourth-order valence-corrected chi connectivity index (χ4v) is 2.65. The topological polar surface area (TPSA) is 123 Å². The zero-order valence-corrected chi connectivity index (χ0v) is 12.9. The third-order valence-electron chi connectivity index (χ3n) is 3.70. The van der Waals surface area contributed by atoms with Gasteiger partial charge in [0.15, 0.2) is 0 Å². The summed E-state index contributed by atoms with van der Waals surface area (Å²) in [4.78, 5) is 25.8. The Bertz CT molecular complexity index is 946. The number of methoxy groups -OCH3 is 1. The Hall–Kier alpha value is -3.48. The summed E-state index contributed by atoms with van der Waals surface area (Å²) in [5, 5.41) is 2.99. The standard InChI is InChI=1S/C17H16N4O3/c1-24-11-4-2-3-9(7-11)10-5-6-12-13(8-10)20-16(21-17(19)23)14(12)15(18)22/h2-8,20H,1H3,(H2,18,22)(H3,19,21,23). The van der Waals surface area contributed by atoms with Crippen molar-refractivity contribution in [1.82, 2.24) is 4.98 Å². The van der Waals surface area contributed by atoms with E-state index in [4.69, 9.17) is 16.2 Å². The van der Waals surface area contributed by atoms with Crippen molar-refractivity contribution in [2.24, 2.45) is 11.5 Å². The summed E-state index contributed by atoms with van der Waals surface area (Å²) in [6.07, 6.45) is 0. The molecule has 3 amide bonds. The molecule has 0 radical (unpaired) electrons. The molecular formula is C17H16N4O3. The number of nitrogens with one attached hydrogen (secondary N) is 2. The highest BCUT2D eigenvalue weighted by Crippen LogP contribution is 2.31. The number of hydrogen-bond donors (Lipinski definition) is 4. The first-order chi connectivity index (χ1) is 11.5. The SMILES string of the molecule is COc1cccc(-c2ccc3c(C(N)=O)c(NC(N)=O)[nH]c3c2)c1. The molecule has 0 saturated carbocycles. The first-order valence-corrected chi connectivity index (χ1v) is 7.16. The number of fused-ring (bicyclic) bond motifs is 1. The number of anilines is 1. The van der Waals surface area contributed by atoms with Gasteiger partial charge in [-0.1, -0.05) is 24.3 Å². The maximum Gasteiger partial charge on any atom is 0.317 e. The summed E-state index contributed by atoms with van der Waals surface area (Å²) >= 11 is 0. The van der Waals surface area contributed by atoms with E-state index in [1.54, 1.807) is 13.2 Å². The molecule has 1 aromatic heterocycles. The van der Waals surface area contributed by atoms with Crippen LogP contribution in [-0.2, 0) is 0 Å².